The highest BCUT2D eigenvalue weighted by atomic mass is 16.1. The third-order valence-corrected chi connectivity index (χ3v) is 2.78. The van der Waals surface area contributed by atoms with Gasteiger partial charge in [-0.3, -0.25) is 4.79 Å². The largest absolute Gasteiger partial charge is 0.359 e. The molecule has 76 valence electrons. The number of amides is 1. The summed E-state index contributed by atoms with van der Waals surface area (Å²) in [5.74, 6) is 1.22. The summed E-state index contributed by atoms with van der Waals surface area (Å²) < 4.78 is 0. The van der Waals surface area contributed by atoms with E-state index in [9.17, 15) is 4.79 Å². The molecule has 2 unspecified atom stereocenters. The molecule has 13 heavy (non-hydrogen) atoms. The Morgan fingerprint density at radius 2 is 2.15 bits per heavy atom. The van der Waals surface area contributed by atoms with Crippen molar-refractivity contribution in [2.75, 3.05) is 27.7 Å². The van der Waals surface area contributed by atoms with Gasteiger partial charge in [-0.2, -0.15) is 0 Å². The van der Waals surface area contributed by atoms with Gasteiger partial charge in [0.25, 0.3) is 0 Å². The van der Waals surface area contributed by atoms with E-state index in [1.54, 1.807) is 7.05 Å². The van der Waals surface area contributed by atoms with Crippen LogP contribution in [0.15, 0.2) is 0 Å². The molecule has 1 fully saturated rings. The van der Waals surface area contributed by atoms with E-state index in [-0.39, 0.29) is 11.8 Å². The molecular formula is C10H20N2O. The van der Waals surface area contributed by atoms with Crippen molar-refractivity contribution in [2.24, 2.45) is 11.8 Å². The zero-order valence-corrected chi connectivity index (χ0v) is 8.84. The standard InChI is InChI=1S/C10H20N2O/c1-11-10(13)9-5-4-8(6-9)7-12(2)3/h8-9H,4-7H2,1-3H3,(H,11,13). The molecule has 0 aromatic carbocycles. The Morgan fingerprint density at radius 3 is 2.69 bits per heavy atom. The van der Waals surface area contributed by atoms with Gasteiger partial charge in [0.2, 0.25) is 5.91 Å². The van der Waals surface area contributed by atoms with Crippen molar-refractivity contribution in [1.82, 2.24) is 10.2 Å². The van der Waals surface area contributed by atoms with Crippen LogP contribution in [0, 0.1) is 11.8 Å². The van der Waals surface area contributed by atoms with Gasteiger partial charge in [0.1, 0.15) is 0 Å². The lowest BCUT2D eigenvalue weighted by Gasteiger charge is -2.15. The molecule has 1 aliphatic carbocycles. The minimum absolute atomic E-state index is 0.223. The van der Waals surface area contributed by atoms with E-state index >= 15 is 0 Å². The molecule has 0 aliphatic heterocycles. The first kappa shape index (κ1) is 10.5. The second kappa shape index (κ2) is 4.61. The molecule has 0 bridgehead atoms. The van der Waals surface area contributed by atoms with Crippen molar-refractivity contribution in [3.05, 3.63) is 0 Å². The topological polar surface area (TPSA) is 32.3 Å². The maximum absolute atomic E-state index is 11.3. The van der Waals surface area contributed by atoms with Crippen LogP contribution >= 0.6 is 0 Å². The fraction of sp³-hybridized carbons (Fsp3) is 0.900. The number of hydrogen-bond acceptors (Lipinski definition) is 2. The van der Waals surface area contributed by atoms with Crippen molar-refractivity contribution in [3.63, 3.8) is 0 Å². The van der Waals surface area contributed by atoms with E-state index in [0.717, 1.165) is 25.3 Å². The fourth-order valence-electron chi connectivity index (χ4n) is 2.20. The number of nitrogens with zero attached hydrogens (tertiary/aromatic N) is 1. The molecule has 0 aromatic heterocycles. The monoisotopic (exact) mass is 184 g/mol. The molecule has 1 aliphatic rings. The highest BCUT2D eigenvalue weighted by molar-refractivity contribution is 5.78. The number of nitrogens with one attached hydrogen (secondary N) is 1. The number of hydrogen-bond donors (Lipinski definition) is 1. The molecule has 1 saturated carbocycles. The number of carbonyl (C=O) groups is 1. The summed E-state index contributed by atoms with van der Waals surface area (Å²) in [5, 5.41) is 2.73. The van der Waals surface area contributed by atoms with E-state index in [2.05, 4.69) is 24.3 Å². The SMILES string of the molecule is CNC(=O)C1CCC(CN(C)C)C1. The zero-order chi connectivity index (χ0) is 9.84. The van der Waals surface area contributed by atoms with Gasteiger partial charge in [0.05, 0.1) is 0 Å². The highest BCUT2D eigenvalue weighted by Gasteiger charge is 2.29. The predicted octanol–water partition coefficient (Wildman–Crippen LogP) is 0.710. The first-order chi connectivity index (χ1) is 6.13. The highest BCUT2D eigenvalue weighted by Crippen LogP contribution is 2.31. The minimum Gasteiger partial charge on any atom is -0.359 e. The lowest BCUT2D eigenvalue weighted by Crippen LogP contribution is -2.26. The van der Waals surface area contributed by atoms with E-state index in [1.165, 1.54) is 6.42 Å². The normalized spacial score (nSPS) is 28.0. The third-order valence-electron chi connectivity index (χ3n) is 2.78. The Labute approximate surface area is 80.5 Å². The van der Waals surface area contributed by atoms with E-state index in [4.69, 9.17) is 0 Å². The maximum Gasteiger partial charge on any atom is 0.222 e. The number of carbonyl (C=O) groups excluding carboxylic acids is 1. The Balaban J connectivity index is 2.32. The average molecular weight is 184 g/mol. The molecule has 3 heteroatoms. The van der Waals surface area contributed by atoms with Crippen molar-refractivity contribution in [1.29, 1.82) is 0 Å². The van der Waals surface area contributed by atoms with Crippen molar-refractivity contribution >= 4 is 5.91 Å². The third kappa shape index (κ3) is 2.99. The molecule has 0 spiro atoms. The molecule has 1 amide bonds. The Kier molecular flexibility index (Phi) is 3.72. The van der Waals surface area contributed by atoms with Gasteiger partial charge in [-0.1, -0.05) is 0 Å². The van der Waals surface area contributed by atoms with Crippen LogP contribution in [0.3, 0.4) is 0 Å². The van der Waals surface area contributed by atoms with Crippen LogP contribution in [0.25, 0.3) is 0 Å². The van der Waals surface area contributed by atoms with Crippen molar-refractivity contribution in [3.8, 4) is 0 Å². The van der Waals surface area contributed by atoms with Gasteiger partial charge < -0.3 is 10.2 Å². The quantitative estimate of drug-likeness (QED) is 0.700. The average Bonchev–Trinajstić information content (AvgIpc) is 2.50. The van der Waals surface area contributed by atoms with Crippen molar-refractivity contribution in [2.45, 2.75) is 19.3 Å². The second-order valence-electron chi connectivity index (χ2n) is 4.25. The second-order valence-corrected chi connectivity index (χ2v) is 4.25. The zero-order valence-electron chi connectivity index (χ0n) is 8.84. The van der Waals surface area contributed by atoms with E-state index < -0.39 is 0 Å². The van der Waals surface area contributed by atoms with Crippen LogP contribution in [-0.4, -0.2) is 38.5 Å². The Morgan fingerprint density at radius 1 is 1.46 bits per heavy atom. The lowest BCUT2D eigenvalue weighted by atomic mass is 10.0. The van der Waals surface area contributed by atoms with E-state index in [1.807, 2.05) is 0 Å². The summed E-state index contributed by atoms with van der Waals surface area (Å²) in [4.78, 5) is 13.5. The molecule has 2 atom stereocenters. The van der Waals surface area contributed by atoms with Crippen molar-refractivity contribution < 1.29 is 4.79 Å². The summed E-state index contributed by atoms with van der Waals surface area (Å²) in [6, 6.07) is 0. The Bertz CT molecular complexity index is 180. The molecule has 0 heterocycles. The molecule has 0 saturated heterocycles. The predicted molar refractivity (Wildman–Crippen MR) is 53.5 cm³/mol. The molecule has 0 aromatic rings. The first-order valence-corrected chi connectivity index (χ1v) is 4.99. The van der Waals surface area contributed by atoms with Gasteiger partial charge in [0, 0.05) is 19.5 Å². The first-order valence-electron chi connectivity index (χ1n) is 4.99. The summed E-state index contributed by atoms with van der Waals surface area (Å²) in [5.41, 5.74) is 0. The minimum atomic E-state index is 0.223. The summed E-state index contributed by atoms with van der Waals surface area (Å²) >= 11 is 0. The number of rotatable bonds is 3. The van der Waals surface area contributed by atoms with Gasteiger partial charge >= 0.3 is 0 Å². The molecule has 3 nitrogen and oxygen atoms in total. The fourth-order valence-corrected chi connectivity index (χ4v) is 2.20. The van der Waals surface area contributed by atoms with Gasteiger partial charge in [-0.15, -0.1) is 0 Å². The summed E-state index contributed by atoms with van der Waals surface area (Å²) in [7, 11) is 5.90. The van der Waals surface area contributed by atoms with Crippen LogP contribution in [0.5, 0.6) is 0 Å². The molecule has 0 radical (unpaired) electrons. The van der Waals surface area contributed by atoms with Crippen LogP contribution in [0.2, 0.25) is 0 Å². The summed E-state index contributed by atoms with van der Waals surface area (Å²) in [6.07, 6.45) is 3.34. The van der Waals surface area contributed by atoms with Gasteiger partial charge in [-0.05, 0) is 39.3 Å². The van der Waals surface area contributed by atoms with Crippen LogP contribution in [-0.2, 0) is 4.79 Å². The lowest BCUT2D eigenvalue weighted by molar-refractivity contribution is -0.124. The van der Waals surface area contributed by atoms with E-state index in [0.29, 0.717) is 0 Å². The van der Waals surface area contributed by atoms with Gasteiger partial charge in [0.15, 0.2) is 0 Å². The Hall–Kier alpha value is -0.570. The summed E-state index contributed by atoms with van der Waals surface area (Å²) in [6.45, 7) is 1.12. The van der Waals surface area contributed by atoms with Gasteiger partial charge in [-0.25, -0.2) is 0 Å². The van der Waals surface area contributed by atoms with Crippen LogP contribution in [0.4, 0.5) is 0 Å². The van der Waals surface area contributed by atoms with Crippen LogP contribution in [0.1, 0.15) is 19.3 Å². The molecule has 1 rings (SSSR count). The van der Waals surface area contributed by atoms with Crippen LogP contribution < -0.4 is 5.32 Å². The molecular weight excluding hydrogens is 164 g/mol. The maximum atomic E-state index is 11.3. The smallest absolute Gasteiger partial charge is 0.222 e. The molecule has 1 N–H and O–H groups in total.